The Hall–Kier alpha value is -0.120. The third-order valence-corrected chi connectivity index (χ3v) is 4.13. The molecule has 0 amide bonds. The van der Waals surface area contributed by atoms with Gasteiger partial charge < -0.3 is 16.0 Å². The minimum Gasteiger partial charge on any atom is -0.329 e. The fourth-order valence-corrected chi connectivity index (χ4v) is 2.72. The number of nitrogens with one attached hydrogen (secondary N) is 1. The maximum Gasteiger partial charge on any atom is 0.0447 e. The van der Waals surface area contributed by atoms with E-state index in [-0.39, 0.29) is 5.54 Å². The van der Waals surface area contributed by atoms with Gasteiger partial charge in [0.05, 0.1) is 0 Å². The van der Waals surface area contributed by atoms with Gasteiger partial charge in [-0.1, -0.05) is 12.8 Å². The van der Waals surface area contributed by atoms with Crippen LogP contribution in [0.1, 0.15) is 32.6 Å². The first-order valence-corrected chi connectivity index (χ1v) is 6.30. The zero-order valence-electron chi connectivity index (χ0n) is 10.1. The third kappa shape index (κ3) is 2.71. The lowest BCUT2D eigenvalue weighted by molar-refractivity contribution is 0.298. The number of nitrogens with two attached hydrogens (primary N) is 1. The van der Waals surface area contributed by atoms with E-state index >= 15 is 0 Å². The van der Waals surface area contributed by atoms with Gasteiger partial charge in [0.15, 0.2) is 0 Å². The summed E-state index contributed by atoms with van der Waals surface area (Å²) in [7, 11) is 2.20. The van der Waals surface area contributed by atoms with Crippen molar-refractivity contribution in [1.82, 2.24) is 10.2 Å². The number of hydrogen-bond donors (Lipinski definition) is 2. The molecule has 1 saturated carbocycles. The fourth-order valence-electron chi connectivity index (χ4n) is 2.72. The minimum atomic E-state index is 0.197. The number of nitrogens with zero attached hydrogens (tertiary/aromatic N) is 1. The molecule has 2 aliphatic rings. The molecule has 0 radical (unpaired) electrons. The fraction of sp³-hybridized carbons (Fsp3) is 1.00. The number of likely N-dealkylation sites (N-methyl/N-ethyl adjacent to an activating group) is 1. The maximum absolute atomic E-state index is 5.94. The van der Waals surface area contributed by atoms with Crippen molar-refractivity contribution in [3.05, 3.63) is 0 Å². The van der Waals surface area contributed by atoms with E-state index in [0.29, 0.717) is 6.04 Å². The van der Waals surface area contributed by atoms with Crippen LogP contribution in [-0.4, -0.2) is 43.2 Å². The van der Waals surface area contributed by atoms with E-state index in [2.05, 4.69) is 24.2 Å². The molecule has 88 valence electrons. The zero-order chi connectivity index (χ0) is 10.9. The first-order valence-electron chi connectivity index (χ1n) is 6.30. The van der Waals surface area contributed by atoms with Crippen LogP contribution in [0.2, 0.25) is 0 Å². The summed E-state index contributed by atoms with van der Waals surface area (Å²) in [6.07, 6.45) is 5.45. The molecule has 1 aliphatic carbocycles. The first-order chi connectivity index (χ1) is 7.15. The maximum atomic E-state index is 5.94. The average Bonchev–Trinajstić information content (AvgIpc) is 2.96. The van der Waals surface area contributed by atoms with E-state index < -0.39 is 0 Å². The van der Waals surface area contributed by atoms with Crippen LogP contribution in [0.4, 0.5) is 0 Å². The molecular formula is C12H25N3. The van der Waals surface area contributed by atoms with Crippen molar-refractivity contribution in [1.29, 1.82) is 0 Å². The number of rotatable bonds is 5. The van der Waals surface area contributed by atoms with Gasteiger partial charge in [0.25, 0.3) is 0 Å². The van der Waals surface area contributed by atoms with Crippen molar-refractivity contribution in [3.63, 3.8) is 0 Å². The second-order valence-corrected chi connectivity index (χ2v) is 5.61. The summed E-state index contributed by atoms with van der Waals surface area (Å²) >= 11 is 0. The Kier molecular flexibility index (Phi) is 3.33. The summed E-state index contributed by atoms with van der Waals surface area (Å²) in [6.45, 7) is 5.32. The monoisotopic (exact) mass is 211 g/mol. The second kappa shape index (κ2) is 4.40. The molecule has 0 spiro atoms. The second-order valence-electron chi connectivity index (χ2n) is 5.61. The Morgan fingerprint density at radius 1 is 1.47 bits per heavy atom. The molecular weight excluding hydrogens is 186 g/mol. The lowest BCUT2D eigenvalue weighted by Gasteiger charge is -2.29. The van der Waals surface area contributed by atoms with Crippen LogP contribution in [0.25, 0.3) is 0 Å². The van der Waals surface area contributed by atoms with Gasteiger partial charge in [0.2, 0.25) is 0 Å². The summed E-state index contributed by atoms with van der Waals surface area (Å²) in [5.74, 6) is 1.02. The molecule has 2 unspecified atom stereocenters. The van der Waals surface area contributed by atoms with E-state index in [1.807, 2.05) is 0 Å². The van der Waals surface area contributed by atoms with Crippen LogP contribution in [0.5, 0.6) is 0 Å². The van der Waals surface area contributed by atoms with E-state index in [0.717, 1.165) is 25.6 Å². The molecule has 1 heterocycles. The highest BCUT2D eigenvalue weighted by Crippen LogP contribution is 2.32. The molecule has 2 fully saturated rings. The van der Waals surface area contributed by atoms with Crippen molar-refractivity contribution in [3.8, 4) is 0 Å². The highest BCUT2D eigenvalue weighted by molar-refractivity contribution is 5.00. The van der Waals surface area contributed by atoms with Crippen molar-refractivity contribution in [2.75, 3.05) is 26.7 Å². The predicted octanol–water partition coefficient (Wildman–Crippen LogP) is 0.798. The van der Waals surface area contributed by atoms with Gasteiger partial charge >= 0.3 is 0 Å². The molecule has 0 aromatic heterocycles. The summed E-state index contributed by atoms with van der Waals surface area (Å²) in [4.78, 5) is 2.41. The molecule has 3 N–H and O–H groups in total. The van der Waals surface area contributed by atoms with Crippen molar-refractivity contribution < 1.29 is 0 Å². The average molecular weight is 211 g/mol. The molecule has 0 aromatic carbocycles. The van der Waals surface area contributed by atoms with Crippen LogP contribution < -0.4 is 11.1 Å². The molecule has 15 heavy (non-hydrogen) atoms. The van der Waals surface area contributed by atoms with E-state index in [1.54, 1.807) is 0 Å². The van der Waals surface area contributed by atoms with Crippen molar-refractivity contribution in [2.24, 2.45) is 11.7 Å². The van der Waals surface area contributed by atoms with Gasteiger partial charge in [0.1, 0.15) is 0 Å². The zero-order valence-corrected chi connectivity index (χ0v) is 10.1. The van der Waals surface area contributed by atoms with Crippen LogP contribution in [-0.2, 0) is 0 Å². The lowest BCUT2D eigenvalue weighted by Crippen LogP contribution is -2.53. The SMILES string of the molecule is CC1CC(CN)(NCCC2CC2)CN1C. The van der Waals surface area contributed by atoms with Crippen molar-refractivity contribution >= 4 is 0 Å². The van der Waals surface area contributed by atoms with Crippen molar-refractivity contribution in [2.45, 2.75) is 44.2 Å². The van der Waals surface area contributed by atoms with Gasteiger partial charge in [-0.25, -0.2) is 0 Å². The van der Waals surface area contributed by atoms with Gasteiger partial charge in [-0.2, -0.15) is 0 Å². The predicted molar refractivity (Wildman–Crippen MR) is 63.8 cm³/mol. The largest absolute Gasteiger partial charge is 0.329 e. The Morgan fingerprint density at radius 3 is 2.67 bits per heavy atom. The highest BCUT2D eigenvalue weighted by Gasteiger charge is 2.39. The molecule has 3 nitrogen and oxygen atoms in total. The summed E-state index contributed by atoms with van der Waals surface area (Å²) in [5.41, 5.74) is 6.13. The van der Waals surface area contributed by atoms with Crippen LogP contribution in [0.15, 0.2) is 0 Å². The standard InChI is InChI=1S/C12H25N3/c1-10-7-12(8-13,9-15(10)2)14-6-5-11-3-4-11/h10-11,14H,3-9,13H2,1-2H3. The molecule has 1 aliphatic heterocycles. The quantitative estimate of drug-likeness (QED) is 0.707. The molecule has 1 saturated heterocycles. The molecule has 3 heteroatoms. The number of hydrogen-bond acceptors (Lipinski definition) is 3. The summed E-state index contributed by atoms with van der Waals surface area (Å²) in [6, 6.07) is 0.668. The van der Waals surface area contributed by atoms with Crippen LogP contribution in [0.3, 0.4) is 0 Å². The Morgan fingerprint density at radius 2 is 2.20 bits per heavy atom. The Labute approximate surface area is 93.4 Å². The minimum absolute atomic E-state index is 0.197. The van der Waals surface area contributed by atoms with E-state index in [1.165, 1.54) is 25.7 Å². The normalized spacial score (nSPS) is 37.4. The lowest BCUT2D eigenvalue weighted by atomic mass is 9.96. The van der Waals surface area contributed by atoms with Crippen LogP contribution >= 0.6 is 0 Å². The Bertz CT molecular complexity index is 203. The van der Waals surface area contributed by atoms with Gasteiger partial charge in [-0.15, -0.1) is 0 Å². The molecule has 0 bridgehead atoms. The molecule has 2 atom stereocenters. The molecule has 2 rings (SSSR count). The topological polar surface area (TPSA) is 41.3 Å². The first kappa shape index (κ1) is 11.4. The van der Waals surface area contributed by atoms with Gasteiger partial charge in [0, 0.05) is 24.7 Å². The van der Waals surface area contributed by atoms with E-state index in [4.69, 9.17) is 5.73 Å². The smallest absolute Gasteiger partial charge is 0.0447 e. The Balaban J connectivity index is 1.79. The van der Waals surface area contributed by atoms with Gasteiger partial charge in [-0.3, -0.25) is 0 Å². The van der Waals surface area contributed by atoms with Gasteiger partial charge in [-0.05, 0) is 39.3 Å². The highest BCUT2D eigenvalue weighted by atomic mass is 15.2. The number of likely N-dealkylation sites (tertiary alicyclic amines) is 1. The summed E-state index contributed by atoms with van der Waals surface area (Å²) in [5, 5.41) is 3.71. The van der Waals surface area contributed by atoms with E-state index in [9.17, 15) is 0 Å². The van der Waals surface area contributed by atoms with Crippen LogP contribution in [0, 0.1) is 5.92 Å². The third-order valence-electron chi connectivity index (χ3n) is 4.13. The molecule has 0 aromatic rings. The summed E-state index contributed by atoms with van der Waals surface area (Å²) < 4.78 is 0.